The lowest BCUT2D eigenvalue weighted by atomic mass is 10.2. The largest absolute Gasteiger partial charge is 0.492 e. The van der Waals surface area contributed by atoms with Gasteiger partial charge in [-0.1, -0.05) is 13.0 Å². The summed E-state index contributed by atoms with van der Waals surface area (Å²) in [5.41, 5.74) is 1.29. The molecule has 1 fully saturated rings. The number of likely N-dealkylation sites (N-methyl/N-ethyl adjacent to an activating group) is 1. The summed E-state index contributed by atoms with van der Waals surface area (Å²) in [5, 5.41) is 0. The molecule has 0 amide bonds. The Morgan fingerprint density at radius 2 is 1.85 bits per heavy atom. The van der Waals surface area contributed by atoms with Crippen LogP contribution in [-0.2, 0) is 0 Å². The van der Waals surface area contributed by atoms with Gasteiger partial charge in [-0.05, 0) is 60.2 Å². The van der Waals surface area contributed by atoms with Gasteiger partial charge in [0.2, 0.25) is 0 Å². The molecule has 0 atom stereocenters. The van der Waals surface area contributed by atoms with Crippen LogP contribution in [0.2, 0.25) is 0 Å². The molecule has 1 aliphatic rings. The molecule has 0 saturated carbocycles. The average molecular weight is 388 g/mol. The second kappa shape index (κ2) is 8.20. The van der Waals surface area contributed by atoms with Crippen molar-refractivity contribution in [2.45, 2.75) is 20.3 Å². The lowest BCUT2D eigenvalue weighted by Crippen LogP contribution is -2.46. The number of nitrogens with zero attached hydrogens (tertiary/aromatic N) is 2. The van der Waals surface area contributed by atoms with Crippen molar-refractivity contribution >= 4 is 22.6 Å². The Balaban J connectivity index is 1.64. The monoisotopic (exact) mass is 388 g/mol. The van der Waals surface area contributed by atoms with Crippen LogP contribution in [0.1, 0.15) is 18.9 Å². The summed E-state index contributed by atoms with van der Waals surface area (Å²) in [6.07, 6.45) is 1.11. The Bertz CT molecular complexity index is 417. The van der Waals surface area contributed by atoms with Crippen LogP contribution >= 0.6 is 22.6 Å². The molecule has 4 heteroatoms. The van der Waals surface area contributed by atoms with E-state index in [-0.39, 0.29) is 0 Å². The molecule has 1 saturated heterocycles. The maximum atomic E-state index is 5.88. The summed E-state index contributed by atoms with van der Waals surface area (Å²) in [4.78, 5) is 5.07. The third-order valence-corrected chi connectivity index (χ3v) is 4.72. The second-order valence-corrected chi connectivity index (χ2v) is 6.57. The summed E-state index contributed by atoms with van der Waals surface area (Å²) < 4.78 is 7.09. The van der Waals surface area contributed by atoms with Gasteiger partial charge < -0.3 is 14.5 Å². The van der Waals surface area contributed by atoms with Crippen molar-refractivity contribution in [1.29, 1.82) is 0 Å². The van der Waals surface area contributed by atoms with E-state index in [1.165, 1.54) is 41.9 Å². The Morgan fingerprint density at radius 3 is 2.50 bits per heavy atom. The first-order valence-corrected chi connectivity index (χ1v) is 8.60. The molecular formula is C16H25IN2O. The fourth-order valence-corrected chi connectivity index (χ4v) is 3.35. The van der Waals surface area contributed by atoms with Crippen LogP contribution in [0.25, 0.3) is 0 Å². The number of benzene rings is 1. The summed E-state index contributed by atoms with van der Waals surface area (Å²) in [6.45, 7) is 12.3. The highest BCUT2D eigenvalue weighted by Crippen LogP contribution is 2.21. The average Bonchev–Trinajstić information content (AvgIpc) is 2.46. The Hall–Kier alpha value is -0.330. The molecule has 0 aliphatic carbocycles. The first-order chi connectivity index (χ1) is 9.69. The quantitative estimate of drug-likeness (QED) is 0.551. The van der Waals surface area contributed by atoms with Gasteiger partial charge in [0.1, 0.15) is 5.75 Å². The third-order valence-electron chi connectivity index (χ3n) is 3.88. The zero-order chi connectivity index (χ0) is 14.4. The molecule has 1 aromatic rings. The van der Waals surface area contributed by atoms with E-state index in [0.717, 1.165) is 25.3 Å². The minimum Gasteiger partial charge on any atom is -0.492 e. The number of piperazine rings is 1. The summed E-state index contributed by atoms with van der Waals surface area (Å²) >= 11 is 2.35. The molecule has 0 radical (unpaired) electrons. The minimum atomic E-state index is 0.813. The lowest BCUT2D eigenvalue weighted by Gasteiger charge is -2.33. The highest BCUT2D eigenvalue weighted by atomic mass is 127. The van der Waals surface area contributed by atoms with Gasteiger partial charge in [-0.25, -0.2) is 0 Å². The van der Waals surface area contributed by atoms with Gasteiger partial charge in [0.15, 0.2) is 0 Å². The molecule has 3 nitrogen and oxygen atoms in total. The van der Waals surface area contributed by atoms with Gasteiger partial charge in [0.05, 0.1) is 10.2 Å². The van der Waals surface area contributed by atoms with Crippen LogP contribution in [0.3, 0.4) is 0 Å². The molecule has 0 spiro atoms. The molecule has 0 aromatic heterocycles. The van der Waals surface area contributed by atoms with Crippen molar-refractivity contribution < 1.29 is 4.74 Å². The zero-order valence-corrected chi connectivity index (χ0v) is 14.7. The Labute approximate surface area is 136 Å². The van der Waals surface area contributed by atoms with Crippen LogP contribution in [0.15, 0.2) is 18.2 Å². The summed E-state index contributed by atoms with van der Waals surface area (Å²) in [5.74, 6) is 1.02. The van der Waals surface area contributed by atoms with Crippen molar-refractivity contribution in [1.82, 2.24) is 9.80 Å². The molecule has 0 N–H and O–H groups in total. The van der Waals surface area contributed by atoms with Crippen molar-refractivity contribution in [2.75, 3.05) is 45.9 Å². The standard InChI is InChI=1S/C16H25IN2O/c1-3-18-8-10-19(11-9-18)7-4-12-20-16-6-5-14(2)13-15(16)17/h5-6,13H,3-4,7-12H2,1-2H3. The van der Waals surface area contributed by atoms with Gasteiger partial charge in [0, 0.05) is 32.7 Å². The highest BCUT2D eigenvalue weighted by molar-refractivity contribution is 14.1. The van der Waals surface area contributed by atoms with Gasteiger partial charge >= 0.3 is 0 Å². The fraction of sp³-hybridized carbons (Fsp3) is 0.625. The molecule has 0 unspecified atom stereocenters. The number of aryl methyl sites for hydroxylation is 1. The van der Waals surface area contributed by atoms with E-state index in [4.69, 9.17) is 4.74 Å². The highest BCUT2D eigenvalue weighted by Gasteiger charge is 2.14. The van der Waals surface area contributed by atoms with Crippen molar-refractivity contribution in [2.24, 2.45) is 0 Å². The smallest absolute Gasteiger partial charge is 0.132 e. The van der Waals surface area contributed by atoms with E-state index in [1.54, 1.807) is 0 Å². The maximum absolute atomic E-state index is 5.88. The third kappa shape index (κ3) is 4.90. The summed E-state index contributed by atoms with van der Waals surface area (Å²) in [7, 11) is 0. The van der Waals surface area contributed by atoms with Crippen molar-refractivity contribution in [3.8, 4) is 5.75 Å². The fourth-order valence-electron chi connectivity index (χ4n) is 2.52. The predicted octanol–water partition coefficient (Wildman–Crippen LogP) is 3.01. The molecular weight excluding hydrogens is 363 g/mol. The van der Waals surface area contributed by atoms with E-state index in [2.05, 4.69) is 64.4 Å². The molecule has 1 aliphatic heterocycles. The van der Waals surface area contributed by atoms with Crippen LogP contribution in [0.4, 0.5) is 0 Å². The Kier molecular flexibility index (Phi) is 6.58. The number of rotatable bonds is 6. The maximum Gasteiger partial charge on any atom is 0.132 e. The lowest BCUT2D eigenvalue weighted by molar-refractivity contribution is 0.130. The van der Waals surface area contributed by atoms with E-state index >= 15 is 0 Å². The molecule has 112 valence electrons. The number of hydrogen-bond donors (Lipinski definition) is 0. The molecule has 1 aromatic carbocycles. The van der Waals surface area contributed by atoms with Crippen LogP contribution in [0, 0.1) is 10.5 Å². The van der Waals surface area contributed by atoms with Crippen molar-refractivity contribution in [3.05, 3.63) is 27.3 Å². The van der Waals surface area contributed by atoms with Gasteiger partial charge in [0.25, 0.3) is 0 Å². The van der Waals surface area contributed by atoms with E-state index in [1.807, 2.05) is 0 Å². The first kappa shape index (κ1) is 16.0. The van der Waals surface area contributed by atoms with Crippen LogP contribution in [-0.4, -0.2) is 55.7 Å². The number of ether oxygens (including phenoxy) is 1. The summed E-state index contributed by atoms with van der Waals surface area (Å²) in [6, 6.07) is 6.36. The first-order valence-electron chi connectivity index (χ1n) is 7.52. The van der Waals surface area contributed by atoms with Gasteiger partial charge in [-0.15, -0.1) is 0 Å². The van der Waals surface area contributed by atoms with Gasteiger partial charge in [-0.2, -0.15) is 0 Å². The van der Waals surface area contributed by atoms with Crippen LogP contribution in [0.5, 0.6) is 5.75 Å². The Morgan fingerprint density at radius 1 is 1.15 bits per heavy atom. The minimum absolute atomic E-state index is 0.813. The molecule has 0 bridgehead atoms. The van der Waals surface area contributed by atoms with Gasteiger partial charge in [-0.3, -0.25) is 0 Å². The number of halogens is 1. The molecule has 2 rings (SSSR count). The van der Waals surface area contributed by atoms with E-state index in [9.17, 15) is 0 Å². The van der Waals surface area contributed by atoms with Crippen molar-refractivity contribution in [3.63, 3.8) is 0 Å². The molecule has 1 heterocycles. The second-order valence-electron chi connectivity index (χ2n) is 5.41. The molecule has 20 heavy (non-hydrogen) atoms. The normalized spacial score (nSPS) is 17.4. The van der Waals surface area contributed by atoms with E-state index in [0.29, 0.717) is 0 Å². The number of hydrogen-bond acceptors (Lipinski definition) is 3. The van der Waals surface area contributed by atoms with Crippen LogP contribution < -0.4 is 4.74 Å². The predicted molar refractivity (Wildman–Crippen MR) is 92.6 cm³/mol. The SMILES string of the molecule is CCN1CCN(CCCOc2ccc(C)cc2I)CC1. The zero-order valence-electron chi connectivity index (χ0n) is 12.6. The topological polar surface area (TPSA) is 15.7 Å². The van der Waals surface area contributed by atoms with E-state index < -0.39 is 0 Å².